The van der Waals surface area contributed by atoms with E-state index < -0.39 is 0 Å². The van der Waals surface area contributed by atoms with Gasteiger partial charge in [-0.3, -0.25) is 9.59 Å². The van der Waals surface area contributed by atoms with Crippen LogP contribution < -0.4 is 10.2 Å². The molecule has 0 saturated carbocycles. The summed E-state index contributed by atoms with van der Waals surface area (Å²) in [6.45, 7) is 3.51. The van der Waals surface area contributed by atoms with Crippen LogP contribution in [-0.2, 0) is 16.1 Å². The Morgan fingerprint density at radius 2 is 1.50 bits per heavy atom. The molecule has 2 aliphatic rings. The monoisotopic (exact) mass is 373 g/mol. The van der Waals surface area contributed by atoms with Crippen LogP contribution >= 0.6 is 0 Å². The molecule has 5 nitrogen and oxygen atoms in total. The molecule has 0 aromatic heterocycles. The average Bonchev–Trinajstić information content (AvgIpc) is 2.74. The third kappa shape index (κ3) is 3.92. The molecular formula is C23H23N3O2. The van der Waals surface area contributed by atoms with E-state index in [-0.39, 0.29) is 24.7 Å². The molecule has 0 radical (unpaired) electrons. The highest BCUT2D eigenvalue weighted by molar-refractivity contribution is 5.96. The molecule has 28 heavy (non-hydrogen) atoms. The molecule has 0 bridgehead atoms. The maximum Gasteiger partial charge on any atom is 0.227 e. The minimum absolute atomic E-state index is 0.0468. The van der Waals surface area contributed by atoms with Crippen molar-refractivity contribution in [2.75, 3.05) is 31.1 Å². The molecule has 4 rings (SSSR count). The first-order valence-corrected chi connectivity index (χ1v) is 9.70. The molecule has 2 aromatic rings. The Morgan fingerprint density at radius 1 is 0.857 bits per heavy atom. The number of para-hydroxylation sites is 1. The number of benzene rings is 2. The number of fused-ring (bicyclic) bond motifs is 2. The number of hydrogen-bond acceptors (Lipinski definition) is 3. The fourth-order valence-electron chi connectivity index (χ4n) is 3.63. The van der Waals surface area contributed by atoms with Crippen LogP contribution in [-0.4, -0.2) is 42.9 Å². The van der Waals surface area contributed by atoms with Gasteiger partial charge in [-0.1, -0.05) is 42.2 Å². The molecule has 2 amide bonds. The lowest BCUT2D eigenvalue weighted by Gasteiger charge is -2.28. The number of carbonyl (C=O) groups is 2. The highest BCUT2D eigenvalue weighted by Crippen LogP contribution is 2.26. The van der Waals surface area contributed by atoms with Crippen LogP contribution in [0.2, 0.25) is 0 Å². The normalized spacial score (nSPS) is 15.4. The number of anilines is 1. The number of hydrogen-bond donors (Lipinski definition) is 1. The van der Waals surface area contributed by atoms with E-state index in [0.717, 1.165) is 35.5 Å². The lowest BCUT2D eigenvalue weighted by atomic mass is 10.0. The van der Waals surface area contributed by atoms with Gasteiger partial charge >= 0.3 is 0 Å². The Labute approximate surface area is 165 Å². The molecule has 1 N–H and O–H groups in total. The van der Waals surface area contributed by atoms with Crippen LogP contribution in [0.5, 0.6) is 0 Å². The molecule has 5 heteroatoms. The number of nitrogens with zero attached hydrogens (tertiary/aromatic N) is 2. The van der Waals surface area contributed by atoms with Gasteiger partial charge in [-0.15, -0.1) is 0 Å². The van der Waals surface area contributed by atoms with E-state index in [1.807, 2.05) is 53.4 Å². The van der Waals surface area contributed by atoms with Crippen molar-refractivity contribution in [1.29, 1.82) is 0 Å². The Morgan fingerprint density at radius 3 is 2.32 bits per heavy atom. The number of rotatable bonds is 3. The number of piperazine rings is 1. The van der Waals surface area contributed by atoms with Gasteiger partial charge in [0, 0.05) is 50.1 Å². The molecule has 2 heterocycles. The average molecular weight is 373 g/mol. The molecule has 0 spiro atoms. The van der Waals surface area contributed by atoms with Crippen molar-refractivity contribution in [3.63, 3.8) is 0 Å². The smallest absolute Gasteiger partial charge is 0.227 e. The highest BCUT2D eigenvalue weighted by Gasteiger charge is 2.23. The number of carbonyl (C=O) groups excluding carboxylic acids is 2. The topological polar surface area (TPSA) is 52.7 Å². The van der Waals surface area contributed by atoms with E-state index in [1.165, 1.54) is 0 Å². The summed E-state index contributed by atoms with van der Waals surface area (Å²) in [5.41, 5.74) is 3.60. The van der Waals surface area contributed by atoms with Gasteiger partial charge in [-0.2, -0.15) is 0 Å². The summed E-state index contributed by atoms with van der Waals surface area (Å²) in [7, 11) is 0. The molecular weight excluding hydrogens is 350 g/mol. The van der Waals surface area contributed by atoms with Crippen molar-refractivity contribution < 1.29 is 9.59 Å². The van der Waals surface area contributed by atoms with Crippen LogP contribution in [0, 0.1) is 11.8 Å². The van der Waals surface area contributed by atoms with Gasteiger partial charge < -0.3 is 15.1 Å². The van der Waals surface area contributed by atoms with Crippen molar-refractivity contribution >= 4 is 17.5 Å². The van der Waals surface area contributed by atoms with Crippen molar-refractivity contribution in [2.24, 2.45) is 0 Å². The van der Waals surface area contributed by atoms with Gasteiger partial charge in [0.2, 0.25) is 11.8 Å². The van der Waals surface area contributed by atoms with Crippen molar-refractivity contribution in [2.45, 2.75) is 19.4 Å². The lowest BCUT2D eigenvalue weighted by Crippen LogP contribution is -2.46. The first kappa shape index (κ1) is 18.3. The maximum atomic E-state index is 13.1. The van der Waals surface area contributed by atoms with Crippen molar-refractivity contribution in [3.8, 4) is 11.8 Å². The van der Waals surface area contributed by atoms with Crippen molar-refractivity contribution in [3.05, 3.63) is 65.2 Å². The zero-order valence-corrected chi connectivity index (χ0v) is 15.8. The Hall–Kier alpha value is -3.10. The second kappa shape index (κ2) is 8.28. The number of nitrogens with one attached hydrogen (secondary N) is 1. The number of amides is 2. The van der Waals surface area contributed by atoms with Crippen LogP contribution in [0.4, 0.5) is 5.69 Å². The molecule has 0 aliphatic carbocycles. The summed E-state index contributed by atoms with van der Waals surface area (Å²) in [5.74, 6) is 6.42. The van der Waals surface area contributed by atoms with E-state index in [9.17, 15) is 9.59 Å². The van der Waals surface area contributed by atoms with Crippen LogP contribution in [0.25, 0.3) is 0 Å². The predicted octanol–water partition coefficient (Wildman–Crippen LogP) is 2.14. The Bertz CT molecular complexity index is 952. The van der Waals surface area contributed by atoms with Crippen molar-refractivity contribution in [1.82, 2.24) is 10.2 Å². The summed E-state index contributed by atoms with van der Waals surface area (Å²) >= 11 is 0. The van der Waals surface area contributed by atoms with Gasteiger partial charge in [-0.25, -0.2) is 0 Å². The van der Waals surface area contributed by atoms with Gasteiger partial charge in [0.15, 0.2) is 0 Å². The van der Waals surface area contributed by atoms with E-state index in [2.05, 4.69) is 17.2 Å². The third-order valence-electron chi connectivity index (χ3n) is 5.20. The SMILES string of the molecule is O=C(CCC(=O)N1Cc2ccccc2C#Cc2ccccc21)N1CCNCC1. The summed E-state index contributed by atoms with van der Waals surface area (Å²) in [5, 5.41) is 3.24. The van der Waals surface area contributed by atoms with E-state index in [4.69, 9.17) is 0 Å². The van der Waals surface area contributed by atoms with E-state index in [1.54, 1.807) is 4.90 Å². The zero-order valence-electron chi connectivity index (χ0n) is 15.8. The van der Waals surface area contributed by atoms with Crippen LogP contribution in [0.1, 0.15) is 29.5 Å². The first-order chi connectivity index (χ1) is 13.7. The highest BCUT2D eigenvalue weighted by atomic mass is 16.2. The lowest BCUT2D eigenvalue weighted by molar-refractivity contribution is -0.133. The fraction of sp³-hybridized carbons (Fsp3) is 0.304. The second-order valence-electron chi connectivity index (χ2n) is 7.03. The summed E-state index contributed by atoms with van der Waals surface area (Å²) < 4.78 is 0. The van der Waals surface area contributed by atoms with Crippen LogP contribution in [0.3, 0.4) is 0 Å². The first-order valence-electron chi connectivity index (χ1n) is 9.70. The second-order valence-corrected chi connectivity index (χ2v) is 7.03. The van der Waals surface area contributed by atoms with E-state index >= 15 is 0 Å². The predicted molar refractivity (Wildman–Crippen MR) is 109 cm³/mol. The van der Waals surface area contributed by atoms with Gasteiger partial charge in [0.25, 0.3) is 0 Å². The van der Waals surface area contributed by atoms with Gasteiger partial charge in [-0.05, 0) is 23.8 Å². The van der Waals surface area contributed by atoms with Gasteiger partial charge in [0.1, 0.15) is 0 Å². The molecule has 0 unspecified atom stereocenters. The van der Waals surface area contributed by atoms with E-state index in [0.29, 0.717) is 19.6 Å². The molecule has 2 aliphatic heterocycles. The third-order valence-corrected chi connectivity index (χ3v) is 5.20. The Kier molecular flexibility index (Phi) is 5.41. The maximum absolute atomic E-state index is 13.1. The largest absolute Gasteiger partial charge is 0.340 e. The summed E-state index contributed by atoms with van der Waals surface area (Å²) in [6, 6.07) is 15.6. The molecule has 1 saturated heterocycles. The summed E-state index contributed by atoms with van der Waals surface area (Å²) in [6.07, 6.45) is 0.442. The molecule has 1 fully saturated rings. The Balaban J connectivity index is 1.55. The molecule has 2 aromatic carbocycles. The fourth-order valence-corrected chi connectivity index (χ4v) is 3.63. The zero-order chi connectivity index (χ0) is 19.3. The van der Waals surface area contributed by atoms with Crippen LogP contribution in [0.15, 0.2) is 48.5 Å². The minimum Gasteiger partial charge on any atom is -0.340 e. The molecule has 142 valence electrons. The van der Waals surface area contributed by atoms with Gasteiger partial charge in [0.05, 0.1) is 12.2 Å². The molecule has 0 atom stereocenters. The standard InChI is InChI=1S/C23H23N3O2/c27-22(25-15-13-24-14-16-25)11-12-23(28)26-17-20-7-2-1-5-18(20)9-10-19-6-3-4-8-21(19)26/h1-8,24H,11-17H2. The quantitative estimate of drug-likeness (QED) is 0.839. The summed E-state index contributed by atoms with van der Waals surface area (Å²) in [4.78, 5) is 29.2. The minimum atomic E-state index is -0.0468.